The molecule has 0 aliphatic heterocycles. The molecule has 3 aromatic heterocycles. The summed E-state index contributed by atoms with van der Waals surface area (Å²) in [6, 6.07) is 9.67. The van der Waals surface area contributed by atoms with Crippen LogP contribution in [0.15, 0.2) is 43.0 Å². The Hall–Kier alpha value is -3.65. The van der Waals surface area contributed by atoms with Gasteiger partial charge in [-0.1, -0.05) is 6.08 Å². The Labute approximate surface area is 198 Å². The van der Waals surface area contributed by atoms with Crippen LogP contribution in [0.1, 0.15) is 41.7 Å². The molecule has 0 radical (unpaired) electrons. The van der Waals surface area contributed by atoms with Gasteiger partial charge in [0.25, 0.3) is 0 Å². The highest BCUT2D eigenvalue weighted by molar-refractivity contribution is 5.97. The fraction of sp³-hybridized carbons (Fsp3) is 0.346. The highest BCUT2D eigenvalue weighted by Crippen LogP contribution is 2.42. The number of nitrogens with zero attached hydrogens (tertiary/aromatic N) is 4. The number of ether oxygens (including phenoxy) is 2. The number of aryl methyl sites for hydroxylation is 2. The number of imidazole rings is 1. The van der Waals surface area contributed by atoms with Gasteiger partial charge in [0.1, 0.15) is 16.9 Å². The van der Waals surface area contributed by atoms with Crippen LogP contribution in [0.4, 0.5) is 0 Å². The number of carbonyl (C=O) groups excluding carboxylic acids is 1. The Kier molecular flexibility index (Phi) is 5.40. The lowest BCUT2D eigenvalue weighted by Gasteiger charge is -2.12. The van der Waals surface area contributed by atoms with E-state index in [-0.39, 0.29) is 5.54 Å². The average molecular weight is 460 g/mol. The predicted molar refractivity (Wildman–Crippen MR) is 132 cm³/mol. The van der Waals surface area contributed by atoms with Crippen LogP contribution >= 0.6 is 0 Å². The Balaban J connectivity index is 1.71. The molecule has 1 fully saturated rings. The Morgan fingerprint density at radius 2 is 2.03 bits per heavy atom. The fourth-order valence-electron chi connectivity index (χ4n) is 4.53. The van der Waals surface area contributed by atoms with E-state index in [1.165, 1.54) is 7.11 Å². The van der Waals surface area contributed by atoms with Crippen molar-refractivity contribution >= 4 is 28.0 Å². The molecule has 0 unspecified atom stereocenters. The molecule has 8 heteroatoms. The van der Waals surface area contributed by atoms with Crippen molar-refractivity contribution in [3.63, 3.8) is 0 Å². The standard InChI is InChI=1S/C26H29N5O3/c1-5-6-7-12-31-19(14-16-8-9-21(29-23(16)31)26(27)10-11-26)24-28-18-13-17(25(32)34-4)15-20(33-3)22(18)30(24)2/h5,8-9,13-15H,1,6-7,10-12,27H2,2-4H3. The average Bonchev–Trinajstić information content (AvgIpc) is 3.38. The van der Waals surface area contributed by atoms with Crippen molar-refractivity contribution in [3.8, 4) is 17.3 Å². The van der Waals surface area contributed by atoms with Crippen LogP contribution in [0.5, 0.6) is 5.75 Å². The van der Waals surface area contributed by atoms with Crippen molar-refractivity contribution in [3.05, 3.63) is 54.2 Å². The smallest absolute Gasteiger partial charge is 0.338 e. The van der Waals surface area contributed by atoms with Crippen molar-refractivity contribution in [2.45, 2.75) is 37.8 Å². The number of unbranched alkanes of at least 4 members (excludes halogenated alkanes) is 1. The van der Waals surface area contributed by atoms with Gasteiger partial charge in [-0.05, 0) is 56.0 Å². The molecule has 176 valence electrons. The number of rotatable bonds is 8. The van der Waals surface area contributed by atoms with E-state index in [1.807, 2.05) is 23.8 Å². The molecule has 1 aliphatic carbocycles. The summed E-state index contributed by atoms with van der Waals surface area (Å²) < 4.78 is 14.7. The maximum atomic E-state index is 12.2. The van der Waals surface area contributed by atoms with Crippen LogP contribution in [0.2, 0.25) is 0 Å². The van der Waals surface area contributed by atoms with E-state index in [1.54, 1.807) is 19.2 Å². The second-order valence-corrected chi connectivity index (χ2v) is 8.91. The Bertz CT molecular complexity index is 1430. The highest BCUT2D eigenvalue weighted by atomic mass is 16.5. The van der Waals surface area contributed by atoms with Crippen molar-refractivity contribution in [2.75, 3.05) is 14.2 Å². The zero-order chi connectivity index (χ0) is 24.0. The Morgan fingerprint density at radius 3 is 2.71 bits per heavy atom. The quantitative estimate of drug-likeness (QED) is 0.240. The van der Waals surface area contributed by atoms with Crippen LogP contribution in [-0.4, -0.2) is 39.3 Å². The van der Waals surface area contributed by atoms with E-state index in [4.69, 9.17) is 25.2 Å². The zero-order valence-corrected chi connectivity index (χ0v) is 19.8. The van der Waals surface area contributed by atoms with Gasteiger partial charge >= 0.3 is 5.97 Å². The molecule has 0 amide bonds. The lowest BCUT2D eigenvalue weighted by molar-refractivity contribution is 0.0600. The minimum atomic E-state index is -0.432. The van der Waals surface area contributed by atoms with Crippen LogP contribution in [-0.2, 0) is 23.9 Å². The van der Waals surface area contributed by atoms with E-state index in [0.717, 1.165) is 66.0 Å². The largest absolute Gasteiger partial charge is 0.494 e. The van der Waals surface area contributed by atoms with Crippen LogP contribution < -0.4 is 10.5 Å². The van der Waals surface area contributed by atoms with Gasteiger partial charge < -0.3 is 24.3 Å². The first-order valence-corrected chi connectivity index (χ1v) is 11.4. The summed E-state index contributed by atoms with van der Waals surface area (Å²) in [7, 11) is 4.90. The van der Waals surface area contributed by atoms with Gasteiger partial charge in [-0.3, -0.25) is 0 Å². The molecule has 8 nitrogen and oxygen atoms in total. The van der Waals surface area contributed by atoms with Gasteiger partial charge in [0.15, 0.2) is 5.82 Å². The molecular weight excluding hydrogens is 430 g/mol. The van der Waals surface area contributed by atoms with Crippen LogP contribution in [0.3, 0.4) is 0 Å². The molecule has 1 saturated carbocycles. The molecule has 0 atom stereocenters. The Morgan fingerprint density at radius 1 is 1.24 bits per heavy atom. The van der Waals surface area contributed by atoms with Crippen molar-refractivity contribution < 1.29 is 14.3 Å². The number of fused-ring (bicyclic) bond motifs is 2. The minimum absolute atomic E-state index is 0.305. The number of hydrogen-bond acceptors (Lipinski definition) is 6. The summed E-state index contributed by atoms with van der Waals surface area (Å²) in [5.41, 5.74) is 10.8. The summed E-state index contributed by atoms with van der Waals surface area (Å²) >= 11 is 0. The lowest BCUT2D eigenvalue weighted by atomic mass is 10.1. The molecule has 5 rings (SSSR count). The predicted octanol–water partition coefficient (Wildman–Crippen LogP) is 4.30. The normalized spacial score (nSPS) is 14.5. The van der Waals surface area contributed by atoms with Gasteiger partial charge in [-0.2, -0.15) is 0 Å². The van der Waals surface area contributed by atoms with E-state index in [0.29, 0.717) is 16.8 Å². The molecule has 0 bridgehead atoms. The number of carbonyl (C=O) groups is 1. The number of benzene rings is 1. The summed E-state index contributed by atoms with van der Waals surface area (Å²) in [6.07, 6.45) is 5.68. The number of esters is 1. The monoisotopic (exact) mass is 459 g/mol. The van der Waals surface area contributed by atoms with Crippen LogP contribution in [0, 0.1) is 0 Å². The topological polar surface area (TPSA) is 97.2 Å². The number of allylic oxidation sites excluding steroid dienone is 1. The molecular formula is C26H29N5O3. The molecule has 1 aromatic carbocycles. The molecule has 0 saturated heterocycles. The van der Waals surface area contributed by atoms with Gasteiger partial charge in [-0.15, -0.1) is 6.58 Å². The third-order valence-corrected chi connectivity index (χ3v) is 6.64. The molecule has 34 heavy (non-hydrogen) atoms. The summed E-state index contributed by atoms with van der Waals surface area (Å²) in [4.78, 5) is 22.1. The number of methoxy groups -OCH3 is 2. The first-order valence-electron chi connectivity index (χ1n) is 11.4. The third kappa shape index (κ3) is 3.54. The number of nitrogens with two attached hydrogens (primary N) is 1. The second kappa shape index (κ2) is 8.29. The summed E-state index contributed by atoms with van der Waals surface area (Å²) in [5, 5.41) is 1.04. The maximum absolute atomic E-state index is 12.2. The fourth-order valence-corrected chi connectivity index (χ4v) is 4.53. The van der Waals surface area contributed by atoms with E-state index >= 15 is 0 Å². The molecule has 4 aromatic rings. The van der Waals surface area contributed by atoms with Crippen molar-refractivity contribution in [2.24, 2.45) is 12.8 Å². The van der Waals surface area contributed by atoms with E-state index < -0.39 is 5.97 Å². The minimum Gasteiger partial charge on any atom is -0.494 e. The van der Waals surface area contributed by atoms with Gasteiger partial charge in [-0.25, -0.2) is 14.8 Å². The highest BCUT2D eigenvalue weighted by Gasteiger charge is 2.41. The first kappa shape index (κ1) is 22.2. The molecule has 0 spiro atoms. The van der Waals surface area contributed by atoms with Crippen molar-refractivity contribution in [1.82, 2.24) is 19.1 Å². The molecule has 1 aliphatic rings. The number of hydrogen-bond donors (Lipinski definition) is 1. The number of aromatic nitrogens is 4. The summed E-state index contributed by atoms with van der Waals surface area (Å²) in [6.45, 7) is 4.63. The van der Waals surface area contributed by atoms with Crippen LogP contribution in [0.25, 0.3) is 33.6 Å². The molecule has 3 heterocycles. The SMILES string of the molecule is C=CCCCn1c(-c2nc3cc(C(=O)OC)cc(OC)c3n2C)cc2ccc(C3(N)CC3)nc21. The zero-order valence-electron chi connectivity index (χ0n) is 19.8. The van der Waals surface area contributed by atoms with Gasteiger partial charge in [0, 0.05) is 19.0 Å². The lowest BCUT2D eigenvalue weighted by Crippen LogP contribution is -2.20. The third-order valence-electron chi connectivity index (χ3n) is 6.64. The van der Waals surface area contributed by atoms with Crippen molar-refractivity contribution in [1.29, 1.82) is 0 Å². The van der Waals surface area contributed by atoms with E-state index in [9.17, 15) is 4.79 Å². The number of pyridine rings is 1. The molecule has 2 N–H and O–H groups in total. The first-order chi connectivity index (χ1) is 16.4. The van der Waals surface area contributed by atoms with Gasteiger partial charge in [0.05, 0.1) is 42.2 Å². The van der Waals surface area contributed by atoms with E-state index in [2.05, 4.69) is 23.3 Å². The summed E-state index contributed by atoms with van der Waals surface area (Å²) in [5.74, 6) is 0.897. The van der Waals surface area contributed by atoms with Gasteiger partial charge in [0.2, 0.25) is 0 Å². The maximum Gasteiger partial charge on any atom is 0.338 e. The second-order valence-electron chi connectivity index (χ2n) is 8.91.